The van der Waals surface area contributed by atoms with Crippen molar-refractivity contribution in [3.63, 3.8) is 0 Å². The van der Waals surface area contributed by atoms with Gasteiger partial charge in [-0.25, -0.2) is 4.39 Å². The average molecular weight is 326 g/mol. The predicted molar refractivity (Wildman–Crippen MR) is 90.4 cm³/mol. The van der Waals surface area contributed by atoms with Crippen LogP contribution in [0.1, 0.15) is 22.8 Å². The fourth-order valence-corrected chi connectivity index (χ4v) is 2.97. The molecule has 0 saturated carbocycles. The van der Waals surface area contributed by atoms with Crippen molar-refractivity contribution >= 4 is 17.5 Å². The number of amides is 2. The molecular formula is C19H19FN2O2. The molecule has 1 unspecified atom stereocenters. The fraction of sp³-hybridized carbons (Fsp3) is 0.263. The highest BCUT2D eigenvalue weighted by atomic mass is 19.1. The molecule has 0 radical (unpaired) electrons. The van der Waals surface area contributed by atoms with Crippen molar-refractivity contribution in [3.05, 3.63) is 65.5 Å². The zero-order valence-electron chi connectivity index (χ0n) is 13.7. The summed E-state index contributed by atoms with van der Waals surface area (Å²) >= 11 is 0. The molecule has 124 valence electrons. The summed E-state index contributed by atoms with van der Waals surface area (Å²) in [5.41, 5.74) is 2.24. The molecule has 1 saturated heterocycles. The number of hydrogen-bond acceptors (Lipinski definition) is 2. The standard InChI is InChI=1S/C19H19FN2O2/c1-13-4-3-5-15(12-13)19(24)21-10-11-22(18(23)14(21)2)17-8-6-16(20)7-9-17/h3-9,12,14H,10-11H2,1-2H3. The largest absolute Gasteiger partial charge is 0.325 e. The van der Waals surface area contributed by atoms with Crippen molar-refractivity contribution in [1.82, 2.24) is 4.90 Å². The number of rotatable bonds is 2. The Kier molecular flexibility index (Phi) is 4.34. The van der Waals surface area contributed by atoms with Crippen molar-refractivity contribution in [2.24, 2.45) is 0 Å². The summed E-state index contributed by atoms with van der Waals surface area (Å²) in [5.74, 6) is -0.639. The van der Waals surface area contributed by atoms with Crippen LogP contribution in [0, 0.1) is 12.7 Å². The minimum absolute atomic E-state index is 0.140. The predicted octanol–water partition coefficient (Wildman–Crippen LogP) is 3.01. The molecule has 0 bridgehead atoms. The van der Waals surface area contributed by atoms with Gasteiger partial charge in [0.1, 0.15) is 11.9 Å². The van der Waals surface area contributed by atoms with E-state index >= 15 is 0 Å². The zero-order valence-corrected chi connectivity index (χ0v) is 13.7. The van der Waals surface area contributed by atoms with Gasteiger partial charge in [-0.15, -0.1) is 0 Å². The first-order valence-electron chi connectivity index (χ1n) is 7.92. The molecule has 2 aromatic carbocycles. The fourth-order valence-electron chi connectivity index (χ4n) is 2.97. The van der Waals surface area contributed by atoms with E-state index in [0.29, 0.717) is 24.3 Å². The molecule has 24 heavy (non-hydrogen) atoms. The van der Waals surface area contributed by atoms with Crippen molar-refractivity contribution in [2.45, 2.75) is 19.9 Å². The van der Waals surface area contributed by atoms with Crippen molar-refractivity contribution < 1.29 is 14.0 Å². The van der Waals surface area contributed by atoms with E-state index in [1.54, 1.807) is 34.9 Å². The molecule has 1 fully saturated rings. The summed E-state index contributed by atoms with van der Waals surface area (Å²) < 4.78 is 13.1. The van der Waals surface area contributed by atoms with E-state index < -0.39 is 6.04 Å². The summed E-state index contributed by atoms with van der Waals surface area (Å²) in [4.78, 5) is 28.6. The third kappa shape index (κ3) is 3.02. The van der Waals surface area contributed by atoms with E-state index in [-0.39, 0.29) is 17.6 Å². The van der Waals surface area contributed by atoms with Gasteiger partial charge in [0.25, 0.3) is 5.91 Å². The molecular weight excluding hydrogens is 307 g/mol. The molecule has 1 heterocycles. The number of carbonyl (C=O) groups is 2. The van der Waals surface area contributed by atoms with E-state index in [9.17, 15) is 14.0 Å². The Morgan fingerprint density at radius 2 is 1.83 bits per heavy atom. The summed E-state index contributed by atoms with van der Waals surface area (Å²) in [6.45, 7) is 4.49. The first kappa shape index (κ1) is 16.2. The van der Waals surface area contributed by atoms with E-state index in [1.165, 1.54) is 12.1 Å². The van der Waals surface area contributed by atoms with E-state index in [4.69, 9.17) is 0 Å². The van der Waals surface area contributed by atoms with Gasteiger partial charge in [0, 0.05) is 24.3 Å². The number of hydrogen-bond donors (Lipinski definition) is 0. The SMILES string of the molecule is Cc1cccc(C(=O)N2CCN(c3ccc(F)cc3)C(=O)C2C)c1. The maximum atomic E-state index is 13.1. The maximum absolute atomic E-state index is 13.1. The number of nitrogens with zero attached hydrogens (tertiary/aromatic N) is 2. The molecule has 2 aromatic rings. The second kappa shape index (κ2) is 6.43. The van der Waals surface area contributed by atoms with Crippen LogP contribution in [-0.4, -0.2) is 35.8 Å². The Bertz CT molecular complexity index is 773. The van der Waals surface area contributed by atoms with Gasteiger partial charge >= 0.3 is 0 Å². The monoisotopic (exact) mass is 326 g/mol. The van der Waals surface area contributed by atoms with Crippen LogP contribution in [0.2, 0.25) is 0 Å². The normalized spacial score (nSPS) is 18.0. The Morgan fingerprint density at radius 1 is 1.12 bits per heavy atom. The summed E-state index contributed by atoms with van der Waals surface area (Å²) in [5, 5.41) is 0. The Hall–Kier alpha value is -2.69. The van der Waals surface area contributed by atoms with Gasteiger partial charge in [0.05, 0.1) is 0 Å². The van der Waals surface area contributed by atoms with Crippen LogP contribution in [0.4, 0.5) is 10.1 Å². The third-order valence-corrected chi connectivity index (χ3v) is 4.32. The summed E-state index contributed by atoms with van der Waals surface area (Å²) in [6, 6.07) is 12.6. The number of halogens is 1. The smallest absolute Gasteiger partial charge is 0.254 e. The van der Waals surface area contributed by atoms with Crippen LogP contribution in [0.3, 0.4) is 0 Å². The lowest BCUT2D eigenvalue weighted by atomic mass is 10.1. The minimum Gasteiger partial charge on any atom is -0.325 e. The lowest BCUT2D eigenvalue weighted by Gasteiger charge is -2.39. The summed E-state index contributed by atoms with van der Waals surface area (Å²) in [7, 11) is 0. The van der Waals surface area contributed by atoms with Crippen LogP contribution in [0.25, 0.3) is 0 Å². The molecule has 0 aliphatic carbocycles. The van der Waals surface area contributed by atoms with Crippen LogP contribution >= 0.6 is 0 Å². The molecule has 1 aliphatic rings. The second-order valence-corrected chi connectivity index (χ2v) is 6.01. The topological polar surface area (TPSA) is 40.6 Å². The van der Waals surface area contributed by atoms with E-state index in [0.717, 1.165) is 5.56 Å². The van der Waals surface area contributed by atoms with Crippen LogP contribution in [0.5, 0.6) is 0 Å². The van der Waals surface area contributed by atoms with Gasteiger partial charge in [0.15, 0.2) is 0 Å². The van der Waals surface area contributed by atoms with E-state index in [1.807, 2.05) is 25.1 Å². The van der Waals surface area contributed by atoms with Gasteiger partial charge in [-0.05, 0) is 50.2 Å². The first-order chi connectivity index (χ1) is 11.5. The third-order valence-electron chi connectivity index (χ3n) is 4.32. The molecule has 1 aliphatic heterocycles. The Labute approximate surface area is 140 Å². The van der Waals surface area contributed by atoms with Crippen molar-refractivity contribution in [3.8, 4) is 0 Å². The van der Waals surface area contributed by atoms with Crippen LogP contribution in [-0.2, 0) is 4.79 Å². The first-order valence-corrected chi connectivity index (χ1v) is 7.92. The molecule has 1 atom stereocenters. The van der Waals surface area contributed by atoms with Crippen molar-refractivity contribution in [1.29, 1.82) is 0 Å². The molecule has 5 heteroatoms. The molecule has 4 nitrogen and oxygen atoms in total. The van der Waals surface area contributed by atoms with Crippen molar-refractivity contribution in [2.75, 3.05) is 18.0 Å². The zero-order chi connectivity index (χ0) is 17.3. The van der Waals surface area contributed by atoms with Crippen LogP contribution in [0.15, 0.2) is 48.5 Å². The number of benzene rings is 2. The van der Waals surface area contributed by atoms with Gasteiger partial charge in [-0.1, -0.05) is 17.7 Å². The molecule has 0 N–H and O–H groups in total. The Balaban J connectivity index is 1.79. The lowest BCUT2D eigenvalue weighted by molar-refractivity contribution is -0.124. The minimum atomic E-state index is -0.559. The lowest BCUT2D eigenvalue weighted by Crippen LogP contribution is -2.57. The number of aryl methyl sites for hydroxylation is 1. The highest BCUT2D eigenvalue weighted by molar-refractivity contribution is 6.03. The molecule has 3 rings (SSSR count). The maximum Gasteiger partial charge on any atom is 0.254 e. The van der Waals surface area contributed by atoms with E-state index in [2.05, 4.69) is 0 Å². The number of piperazine rings is 1. The quantitative estimate of drug-likeness (QED) is 0.851. The Morgan fingerprint density at radius 3 is 2.50 bits per heavy atom. The van der Waals surface area contributed by atoms with Gasteiger partial charge in [-0.3, -0.25) is 9.59 Å². The second-order valence-electron chi connectivity index (χ2n) is 6.01. The highest BCUT2D eigenvalue weighted by Crippen LogP contribution is 2.22. The molecule has 0 aromatic heterocycles. The molecule has 0 spiro atoms. The number of anilines is 1. The highest BCUT2D eigenvalue weighted by Gasteiger charge is 2.35. The molecule has 2 amide bonds. The van der Waals surface area contributed by atoms with Crippen LogP contribution < -0.4 is 4.90 Å². The summed E-state index contributed by atoms with van der Waals surface area (Å²) in [6.07, 6.45) is 0. The average Bonchev–Trinajstić information content (AvgIpc) is 2.58. The van der Waals surface area contributed by atoms with Gasteiger partial charge in [0.2, 0.25) is 5.91 Å². The van der Waals surface area contributed by atoms with Gasteiger partial charge < -0.3 is 9.80 Å². The number of carbonyl (C=O) groups excluding carboxylic acids is 2. The van der Waals surface area contributed by atoms with Gasteiger partial charge in [-0.2, -0.15) is 0 Å².